The van der Waals surface area contributed by atoms with Gasteiger partial charge in [0.05, 0.1) is 11.4 Å². The van der Waals surface area contributed by atoms with Gasteiger partial charge in [-0.3, -0.25) is 4.79 Å². The van der Waals surface area contributed by atoms with E-state index in [1.807, 2.05) is 30.3 Å². The van der Waals surface area contributed by atoms with Crippen molar-refractivity contribution < 1.29 is 13.6 Å². The van der Waals surface area contributed by atoms with E-state index < -0.39 is 11.6 Å². The maximum Gasteiger partial charge on any atom is 0.276 e. The monoisotopic (exact) mass is 342 g/mol. The van der Waals surface area contributed by atoms with Crippen molar-refractivity contribution in [2.24, 2.45) is 0 Å². The maximum absolute atomic E-state index is 13.8. The van der Waals surface area contributed by atoms with Crippen molar-refractivity contribution in [1.82, 2.24) is 19.9 Å². The zero-order chi connectivity index (χ0) is 18.0. The van der Waals surface area contributed by atoms with Crippen LogP contribution in [0.1, 0.15) is 21.7 Å². The van der Waals surface area contributed by atoms with Crippen LogP contribution in [0.25, 0.3) is 5.69 Å². The van der Waals surface area contributed by atoms with Crippen LogP contribution in [0.2, 0.25) is 0 Å². The summed E-state index contributed by atoms with van der Waals surface area (Å²) in [7, 11) is 1.53. The molecule has 0 spiro atoms. The van der Waals surface area contributed by atoms with Gasteiger partial charge in [-0.2, -0.15) is 9.90 Å². The fraction of sp³-hybridized carbons (Fsp3) is 0.167. The summed E-state index contributed by atoms with van der Waals surface area (Å²) in [6.45, 7) is 1.69. The summed E-state index contributed by atoms with van der Waals surface area (Å²) in [5.41, 5.74) is 1.62. The van der Waals surface area contributed by atoms with Gasteiger partial charge in [-0.15, -0.1) is 5.10 Å². The molecular weight excluding hydrogens is 326 g/mol. The molecule has 0 N–H and O–H groups in total. The lowest BCUT2D eigenvalue weighted by Crippen LogP contribution is -2.27. The number of amides is 1. The molecule has 0 radical (unpaired) electrons. The molecule has 0 bridgehead atoms. The quantitative estimate of drug-likeness (QED) is 0.732. The first-order chi connectivity index (χ1) is 12.0. The minimum absolute atomic E-state index is 0.00256. The van der Waals surface area contributed by atoms with Gasteiger partial charge < -0.3 is 4.90 Å². The Bertz CT molecular complexity index is 909. The summed E-state index contributed by atoms with van der Waals surface area (Å²) in [5.74, 6) is -1.73. The molecule has 0 aliphatic heterocycles. The zero-order valence-electron chi connectivity index (χ0n) is 13.8. The highest BCUT2D eigenvalue weighted by Crippen LogP contribution is 2.14. The summed E-state index contributed by atoms with van der Waals surface area (Å²) in [4.78, 5) is 15.3. The Labute approximate surface area is 143 Å². The van der Waals surface area contributed by atoms with Crippen molar-refractivity contribution in [3.63, 3.8) is 0 Å². The van der Waals surface area contributed by atoms with Gasteiger partial charge in [0.1, 0.15) is 11.6 Å². The Morgan fingerprint density at radius 2 is 1.84 bits per heavy atom. The van der Waals surface area contributed by atoms with Gasteiger partial charge in [-0.25, -0.2) is 8.78 Å². The van der Waals surface area contributed by atoms with Crippen molar-refractivity contribution in [3.05, 3.63) is 77.1 Å². The van der Waals surface area contributed by atoms with Gasteiger partial charge in [-0.05, 0) is 25.1 Å². The fourth-order valence-electron chi connectivity index (χ4n) is 2.41. The van der Waals surface area contributed by atoms with E-state index in [1.165, 1.54) is 22.8 Å². The van der Waals surface area contributed by atoms with Crippen LogP contribution in [-0.2, 0) is 6.54 Å². The van der Waals surface area contributed by atoms with Crippen LogP contribution in [0.15, 0.2) is 48.5 Å². The molecule has 0 aliphatic rings. The second-order valence-corrected chi connectivity index (χ2v) is 5.66. The minimum atomic E-state index is -0.690. The Morgan fingerprint density at radius 3 is 2.52 bits per heavy atom. The van der Waals surface area contributed by atoms with E-state index in [0.29, 0.717) is 5.69 Å². The number of nitrogens with zero attached hydrogens (tertiary/aromatic N) is 4. The molecular formula is C18H16F2N4O. The second kappa shape index (κ2) is 6.80. The number of carbonyl (C=O) groups excluding carboxylic acids is 1. The van der Waals surface area contributed by atoms with Crippen LogP contribution in [0.5, 0.6) is 0 Å². The van der Waals surface area contributed by atoms with Gasteiger partial charge >= 0.3 is 0 Å². The second-order valence-electron chi connectivity index (χ2n) is 5.66. The Balaban J connectivity index is 1.82. The lowest BCUT2D eigenvalue weighted by Gasteiger charge is -2.16. The first-order valence-electron chi connectivity index (χ1n) is 7.64. The molecule has 0 fully saturated rings. The van der Waals surface area contributed by atoms with E-state index in [4.69, 9.17) is 0 Å². The third-order valence-electron chi connectivity index (χ3n) is 3.74. The lowest BCUT2D eigenvalue weighted by molar-refractivity contribution is 0.0777. The van der Waals surface area contributed by atoms with Crippen LogP contribution in [0.4, 0.5) is 8.78 Å². The highest BCUT2D eigenvalue weighted by atomic mass is 19.1. The van der Waals surface area contributed by atoms with Gasteiger partial charge in [0.2, 0.25) is 0 Å². The Kier molecular flexibility index (Phi) is 4.56. The number of para-hydroxylation sites is 1. The van der Waals surface area contributed by atoms with Gasteiger partial charge in [0.15, 0.2) is 5.69 Å². The average Bonchev–Trinajstić information content (AvgIpc) is 2.99. The van der Waals surface area contributed by atoms with Crippen molar-refractivity contribution in [2.45, 2.75) is 13.5 Å². The third kappa shape index (κ3) is 3.55. The standard InChI is InChI=1S/C18H16F2N4O/c1-12-17(22-24(21-12)15-6-4-3-5-7-15)18(25)23(2)11-13-8-9-14(19)10-16(13)20/h3-10H,11H2,1-2H3. The first-order valence-corrected chi connectivity index (χ1v) is 7.64. The zero-order valence-corrected chi connectivity index (χ0v) is 13.8. The number of hydrogen-bond donors (Lipinski definition) is 0. The summed E-state index contributed by atoms with van der Waals surface area (Å²) < 4.78 is 26.8. The average molecular weight is 342 g/mol. The van der Waals surface area contributed by atoms with Crippen LogP contribution in [0, 0.1) is 18.6 Å². The summed E-state index contributed by atoms with van der Waals surface area (Å²) in [6.07, 6.45) is 0. The van der Waals surface area contributed by atoms with Gasteiger partial charge in [0.25, 0.3) is 5.91 Å². The number of benzene rings is 2. The molecule has 3 rings (SSSR count). The third-order valence-corrected chi connectivity index (χ3v) is 3.74. The molecule has 1 heterocycles. The minimum Gasteiger partial charge on any atom is -0.336 e. The van der Waals surface area contributed by atoms with E-state index >= 15 is 0 Å². The number of aromatic nitrogens is 3. The van der Waals surface area contributed by atoms with E-state index in [9.17, 15) is 13.6 Å². The molecule has 2 aromatic carbocycles. The first kappa shape index (κ1) is 16.8. The summed E-state index contributed by atoms with van der Waals surface area (Å²) in [6, 6.07) is 12.5. The molecule has 3 aromatic rings. The SMILES string of the molecule is Cc1nn(-c2ccccc2)nc1C(=O)N(C)Cc1ccc(F)cc1F. The Morgan fingerprint density at radius 1 is 1.12 bits per heavy atom. The molecule has 0 saturated carbocycles. The van der Waals surface area contributed by atoms with Gasteiger partial charge in [0, 0.05) is 25.2 Å². The van der Waals surface area contributed by atoms with Gasteiger partial charge in [-0.1, -0.05) is 24.3 Å². The fourth-order valence-corrected chi connectivity index (χ4v) is 2.41. The normalized spacial score (nSPS) is 10.7. The number of carbonyl (C=O) groups is 1. The lowest BCUT2D eigenvalue weighted by atomic mass is 10.2. The molecule has 25 heavy (non-hydrogen) atoms. The van der Waals surface area contributed by atoms with Crippen molar-refractivity contribution >= 4 is 5.91 Å². The predicted octanol–water partition coefficient (Wildman–Crippen LogP) is 3.13. The topological polar surface area (TPSA) is 51.0 Å². The molecule has 0 unspecified atom stereocenters. The predicted molar refractivity (Wildman–Crippen MR) is 88.3 cm³/mol. The molecule has 7 heteroatoms. The largest absolute Gasteiger partial charge is 0.336 e. The number of hydrogen-bond acceptors (Lipinski definition) is 3. The smallest absolute Gasteiger partial charge is 0.276 e. The molecule has 0 aliphatic carbocycles. The molecule has 5 nitrogen and oxygen atoms in total. The Hall–Kier alpha value is -3.09. The number of rotatable bonds is 4. The molecule has 1 aromatic heterocycles. The van der Waals surface area contributed by atoms with E-state index in [0.717, 1.165) is 17.8 Å². The van der Waals surface area contributed by atoms with Crippen LogP contribution in [-0.4, -0.2) is 32.8 Å². The van der Waals surface area contributed by atoms with Crippen molar-refractivity contribution in [1.29, 1.82) is 0 Å². The highest BCUT2D eigenvalue weighted by Gasteiger charge is 2.21. The van der Waals surface area contributed by atoms with Crippen LogP contribution in [0.3, 0.4) is 0 Å². The van der Waals surface area contributed by atoms with E-state index in [2.05, 4.69) is 10.2 Å². The van der Waals surface area contributed by atoms with E-state index in [1.54, 1.807) is 6.92 Å². The van der Waals surface area contributed by atoms with Crippen LogP contribution < -0.4 is 0 Å². The maximum atomic E-state index is 13.8. The van der Waals surface area contributed by atoms with Crippen molar-refractivity contribution in [2.75, 3.05) is 7.05 Å². The highest BCUT2D eigenvalue weighted by molar-refractivity contribution is 5.93. The van der Waals surface area contributed by atoms with E-state index in [-0.39, 0.29) is 23.7 Å². The summed E-state index contributed by atoms with van der Waals surface area (Å²) >= 11 is 0. The molecule has 1 amide bonds. The molecule has 128 valence electrons. The van der Waals surface area contributed by atoms with Crippen LogP contribution >= 0.6 is 0 Å². The molecule has 0 saturated heterocycles. The van der Waals surface area contributed by atoms with Crippen molar-refractivity contribution in [3.8, 4) is 5.69 Å². The summed E-state index contributed by atoms with van der Waals surface area (Å²) in [5, 5.41) is 8.49. The number of aryl methyl sites for hydroxylation is 1. The number of halogens is 2. The molecule has 0 atom stereocenters.